The van der Waals surface area contributed by atoms with E-state index in [1.54, 1.807) is 6.07 Å². The number of methoxy groups -OCH3 is 1. The van der Waals surface area contributed by atoms with Gasteiger partial charge in [0.25, 0.3) is 0 Å². The Balaban J connectivity index is 1.84. The van der Waals surface area contributed by atoms with Gasteiger partial charge in [0.05, 0.1) is 18.7 Å². The third kappa shape index (κ3) is 5.24. The number of nitrogens with zero attached hydrogens (tertiary/aromatic N) is 2. The molecule has 0 atom stereocenters. The van der Waals surface area contributed by atoms with E-state index < -0.39 is 5.97 Å². The largest absolute Gasteiger partial charge is 0.493 e. The molecule has 0 bridgehead atoms. The van der Waals surface area contributed by atoms with Gasteiger partial charge in [0.15, 0.2) is 5.75 Å². The maximum absolute atomic E-state index is 11.8. The van der Waals surface area contributed by atoms with Crippen molar-refractivity contribution in [2.45, 2.75) is 73.0 Å². The summed E-state index contributed by atoms with van der Waals surface area (Å²) in [5.74, 6) is 0.736. The quantitative estimate of drug-likeness (QED) is 0.378. The van der Waals surface area contributed by atoms with Gasteiger partial charge in [-0.25, -0.2) is 9.78 Å². The fraction of sp³-hybridized carbons (Fsp3) is 0.500. The van der Waals surface area contributed by atoms with E-state index in [0.29, 0.717) is 11.5 Å². The van der Waals surface area contributed by atoms with Crippen molar-refractivity contribution in [1.82, 2.24) is 9.55 Å². The Bertz CT molecular complexity index is 1210. The Morgan fingerprint density at radius 3 is 2.26 bits per heavy atom. The molecule has 1 fully saturated rings. The Kier molecular flexibility index (Phi) is 6.47. The van der Waals surface area contributed by atoms with Crippen LogP contribution < -0.4 is 14.8 Å². The van der Waals surface area contributed by atoms with Crippen LogP contribution in [0.2, 0.25) is 0 Å². The molecule has 2 aromatic carbocycles. The second-order valence-electron chi connectivity index (χ2n) is 11.5. The maximum Gasteiger partial charge on any atom is 0.339 e. The van der Waals surface area contributed by atoms with Gasteiger partial charge in [0, 0.05) is 11.7 Å². The molecule has 7 heteroatoms. The molecule has 0 saturated heterocycles. The van der Waals surface area contributed by atoms with E-state index in [4.69, 9.17) is 14.5 Å². The topological polar surface area (TPSA) is 85.6 Å². The molecule has 35 heavy (non-hydrogen) atoms. The van der Waals surface area contributed by atoms with Crippen LogP contribution in [-0.2, 0) is 0 Å². The minimum absolute atomic E-state index is 0.104. The summed E-state index contributed by atoms with van der Waals surface area (Å²) in [5, 5.41) is 13.2. The van der Waals surface area contributed by atoms with Crippen molar-refractivity contribution in [3.63, 3.8) is 0 Å². The lowest BCUT2D eigenvalue weighted by molar-refractivity contribution is 0.0693. The van der Waals surface area contributed by atoms with Gasteiger partial charge in [-0.15, -0.1) is 0 Å². The lowest BCUT2D eigenvalue weighted by Gasteiger charge is -2.45. The van der Waals surface area contributed by atoms with Gasteiger partial charge in [0.2, 0.25) is 5.95 Å². The summed E-state index contributed by atoms with van der Waals surface area (Å²) in [6.07, 6.45) is 3.25. The molecule has 1 saturated carbocycles. The molecule has 0 amide bonds. The number of benzene rings is 2. The summed E-state index contributed by atoms with van der Waals surface area (Å²) in [6.45, 7) is 13.3. The highest BCUT2D eigenvalue weighted by atomic mass is 16.5. The van der Waals surface area contributed by atoms with Crippen molar-refractivity contribution < 1.29 is 19.4 Å². The highest BCUT2D eigenvalue weighted by Crippen LogP contribution is 2.51. The van der Waals surface area contributed by atoms with Gasteiger partial charge >= 0.3 is 5.97 Å². The van der Waals surface area contributed by atoms with Gasteiger partial charge in [-0.3, -0.25) is 0 Å². The first-order chi connectivity index (χ1) is 16.4. The first kappa shape index (κ1) is 24.9. The monoisotopic (exact) mass is 479 g/mol. The molecule has 0 unspecified atom stereocenters. The minimum atomic E-state index is -1.03. The predicted molar refractivity (Wildman–Crippen MR) is 139 cm³/mol. The molecule has 0 spiro atoms. The normalized spacial score (nSPS) is 17.5. The van der Waals surface area contributed by atoms with Crippen molar-refractivity contribution in [2.75, 3.05) is 12.4 Å². The number of aromatic carboxylic acids is 1. The van der Waals surface area contributed by atoms with Gasteiger partial charge < -0.3 is 24.5 Å². The number of aromatic nitrogens is 2. The minimum Gasteiger partial charge on any atom is -0.493 e. The Morgan fingerprint density at radius 2 is 1.71 bits per heavy atom. The Morgan fingerprint density at radius 1 is 1.09 bits per heavy atom. The van der Waals surface area contributed by atoms with Crippen molar-refractivity contribution in [3.05, 3.63) is 42.0 Å². The van der Waals surface area contributed by atoms with Crippen LogP contribution in [0.1, 0.15) is 77.2 Å². The lowest BCUT2D eigenvalue weighted by atomic mass is 9.63. The van der Waals surface area contributed by atoms with E-state index in [0.717, 1.165) is 36.2 Å². The van der Waals surface area contributed by atoms with Crippen LogP contribution in [0.4, 0.5) is 11.6 Å². The number of carboxylic acid groups (broad SMARTS) is 1. The van der Waals surface area contributed by atoms with E-state index in [1.807, 2.05) is 44.2 Å². The molecule has 1 aliphatic rings. The summed E-state index contributed by atoms with van der Waals surface area (Å²) in [5.41, 5.74) is 2.74. The number of fused-ring (bicyclic) bond motifs is 1. The van der Waals surface area contributed by atoms with Crippen molar-refractivity contribution in [3.8, 4) is 11.5 Å². The Labute approximate surface area is 207 Å². The molecule has 3 aromatic rings. The number of carbonyl (C=O) groups is 1. The SMILES string of the molecule is COc1c(C(=O)O)ccc2c1nc(Nc1ccc(OC(C)C)cc1)n2C1CC(C)(C)CC(C)(C)C1. The van der Waals surface area contributed by atoms with Crippen LogP contribution in [0.3, 0.4) is 0 Å². The van der Waals surface area contributed by atoms with E-state index in [-0.39, 0.29) is 34.3 Å². The number of nitrogens with one attached hydrogen (secondary N) is 1. The third-order valence-electron chi connectivity index (χ3n) is 6.63. The molecular formula is C28H37N3O4. The molecule has 2 N–H and O–H groups in total. The number of carboxylic acids is 1. The zero-order valence-electron chi connectivity index (χ0n) is 21.8. The van der Waals surface area contributed by atoms with Crippen LogP contribution >= 0.6 is 0 Å². The molecule has 7 nitrogen and oxygen atoms in total. The molecule has 188 valence electrons. The third-order valence-corrected chi connectivity index (χ3v) is 6.63. The number of hydrogen-bond acceptors (Lipinski definition) is 5. The zero-order valence-corrected chi connectivity index (χ0v) is 21.8. The van der Waals surface area contributed by atoms with Crippen molar-refractivity contribution in [1.29, 1.82) is 0 Å². The number of rotatable bonds is 7. The highest BCUT2D eigenvalue weighted by Gasteiger charge is 2.40. The highest BCUT2D eigenvalue weighted by molar-refractivity contribution is 5.99. The Hall–Kier alpha value is -3.22. The molecule has 4 rings (SSSR count). The predicted octanol–water partition coefficient (Wildman–Crippen LogP) is 7.05. The van der Waals surface area contributed by atoms with Gasteiger partial charge in [-0.05, 0) is 80.3 Å². The first-order valence-corrected chi connectivity index (χ1v) is 12.3. The van der Waals surface area contributed by atoms with E-state index in [9.17, 15) is 9.90 Å². The average molecular weight is 480 g/mol. The standard InChI is InChI=1S/C28H37N3O4/c1-17(2)35-20-10-8-18(9-11-20)29-26-30-23-22(13-12-21(25(32)33)24(23)34-7)31(26)19-14-27(3,4)16-28(5,6)15-19/h8-13,17,19H,14-16H2,1-7H3,(H,29,30)(H,32,33). The number of ether oxygens (including phenoxy) is 2. The van der Waals surface area contributed by atoms with Gasteiger partial charge in [-0.2, -0.15) is 0 Å². The molecule has 1 heterocycles. The lowest BCUT2D eigenvalue weighted by Crippen LogP contribution is -2.35. The van der Waals surface area contributed by atoms with Crippen LogP contribution in [-0.4, -0.2) is 33.8 Å². The summed E-state index contributed by atoms with van der Waals surface area (Å²) in [6, 6.07) is 11.5. The average Bonchev–Trinajstić information content (AvgIpc) is 3.09. The summed E-state index contributed by atoms with van der Waals surface area (Å²) < 4.78 is 13.6. The zero-order chi connectivity index (χ0) is 25.5. The second-order valence-corrected chi connectivity index (χ2v) is 11.5. The fourth-order valence-corrected chi connectivity index (χ4v) is 5.96. The van der Waals surface area contributed by atoms with Crippen LogP contribution in [0.25, 0.3) is 11.0 Å². The number of hydrogen-bond donors (Lipinski definition) is 2. The first-order valence-electron chi connectivity index (χ1n) is 12.3. The summed E-state index contributed by atoms with van der Waals surface area (Å²) in [4.78, 5) is 16.7. The van der Waals surface area contributed by atoms with E-state index in [1.165, 1.54) is 7.11 Å². The number of anilines is 2. The molecule has 1 aliphatic carbocycles. The van der Waals surface area contributed by atoms with Crippen LogP contribution in [0.5, 0.6) is 11.5 Å². The maximum atomic E-state index is 11.8. The molecule has 0 aliphatic heterocycles. The van der Waals surface area contributed by atoms with Crippen molar-refractivity contribution in [2.24, 2.45) is 10.8 Å². The van der Waals surface area contributed by atoms with E-state index in [2.05, 4.69) is 37.6 Å². The fourth-order valence-electron chi connectivity index (χ4n) is 5.96. The summed E-state index contributed by atoms with van der Waals surface area (Å²) >= 11 is 0. The van der Waals surface area contributed by atoms with Crippen molar-refractivity contribution >= 4 is 28.6 Å². The summed E-state index contributed by atoms with van der Waals surface area (Å²) in [7, 11) is 1.49. The van der Waals surface area contributed by atoms with E-state index >= 15 is 0 Å². The smallest absolute Gasteiger partial charge is 0.339 e. The van der Waals surface area contributed by atoms with Crippen LogP contribution in [0.15, 0.2) is 36.4 Å². The van der Waals surface area contributed by atoms with Gasteiger partial charge in [0.1, 0.15) is 16.8 Å². The van der Waals surface area contributed by atoms with Gasteiger partial charge in [-0.1, -0.05) is 27.7 Å². The molecule has 0 radical (unpaired) electrons. The second kappa shape index (κ2) is 9.10. The molecular weight excluding hydrogens is 442 g/mol. The number of imidazole rings is 1. The molecule has 1 aromatic heterocycles. The van der Waals surface area contributed by atoms with Crippen LogP contribution in [0, 0.1) is 10.8 Å².